The number of hydrogen-bond acceptors (Lipinski definition) is 6. The van der Waals surface area contributed by atoms with E-state index in [1.807, 2.05) is 0 Å². The molecule has 3 N–H and O–H groups in total. The van der Waals surface area contributed by atoms with Crippen molar-refractivity contribution < 1.29 is 41.0 Å². The van der Waals surface area contributed by atoms with Crippen LogP contribution in [0.4, 0.5) is 13.2 Å². The van der Waals surface area contributed by atoms with Gasteiger partial charge in [-0.1, -0.05) is 6.07 Å². The number of amides is 1. The molecule has 0 aliphatic carbocycles. The van der Waals surface area contributed by atoms with Gasteiger partial charge < -0.3 is 15.6 Å². The highest BCUT2D eigenvalue weighted by Crippen LogP contribution is 2.30. The molecule has 0 aliphatic rings. The summed E-state index contributed by atoms with van der Waals surface area (Å²) < 4.78 is 66.9. The monoisotopic (exact) mass is 443 g/mol. The van der Waals surface area contributed by atoms with Gasteiger partial charge >= 0.3 is 12.3 Å². The quantitative estimate of drug-likeness (QED) is 0.592. The number of alkyl halides is 3. The molecule has 1 amide bonds. The summed E-state index contributed by atoms with van der Waals surface area (Å²) in [6.07, 6.45) is -4.96. The molecule has 0 unspecified atom stereocenters. The molecule has 0 saturated heterocycles. The largest absolute Gasteiger partial charge is 0.573 e. The van der Waals surface area contributed by atoms with E-state index >= 15 is 0 Å². The highest BCUT2D eigenvalue weighted by Gasteiger charge is 2.31. The average molecular weight is 443 g/mol. The van der Waals surface area contributed by atoms with E-state index in [-0.39, 0.29) is 17.0 Å². The van der Waals surface area contributed by atoms with Crippen molar-refractivity contribution in [2.75, 3.05) is 5.75 Å². The number of primary amides is 1. The lowest BCUT2D eigenvalue weighted by molar-refractivity contribution is -0.274. The number of sulfone groups is 1. The molecule has 0 atom stereocenters. The van der Waals surface area contributed by atoms with Crippen LogP contribution in [-0.2, 0) is 14.6 Å². The number of nitrogens with two attached hydrogens (primary N) is 1. The predicted molar refractivity (Wildman–Crippen MR) is 96.0 cm³/mol. The minimum absolute atomic E-state index is 0.0332. The van der Waals surface area contributed by atoms with E-state index in [0.29, 0.717) is 5.39 Å². The van der Waals surface area contributed by atoms with Gasteiger partial charge in [-0.3, -0.25) is 14.2 Å². The number of halogens is 3. The first-order chi connectivity index (χ1) is 13.9. The van der Waals surface area contributed by atoms with Crippen LogP contribution in [0.2, 0.25) is 0 Å². The number of hydrogen-bond donors (Lipinski definition) is 2. The Hall–Kier alpha value is -3.61. The van der Waals surface area contributed by atoms with E-state index in [4.69, 9.17) is 10.8 Å². The Morgan fingerprint density at radius 1 is 1.17 bits per heavy atom. The zero-order chi connectivity index (χ0) is 22.3. The van der Waals surface area contributed by atoms with Gasteiger partial charge in [0.25, 0.3) is 5.91 Å². The Balaban J connectivity index is 2.22. The van der Waals surface area contributed by atoms with Crippen LogP contribution in [0, 0.1) is 0 Å². The summed E-state index contributed by atoms with van der Waals surface area (Å²) in [7, 11) is -4.31. The first-order valence-electron chi connectivity index (χ1n) is 8.00. The van der Waals surface area contributed by atoms with E-state index in [2.05, 4.69) is 9.72 Å². The van der Waals surface area contributed by atoms with Gasteiger partial charge in [-0.25, -0.2) is 13.4 Å². The lowest BCUT2D eigenvalue weighted by Gasteiger charge is -2.12. The van der Waals surface area contributed by atoms with E-state index in [1.165, 1.54) is 24.3 Å². The number of ether oxygens (including phenoxy) is 1. The number of rotatable bonds is 6. The summed E-state index contributed by atoms with van der Waals surface area (Å²) in [6, 6.07) is 8.13. The van der Waals surface area contributed by atoms with Gasteiger partial charge in [0.1, 0.15) is 17.3 Å². The molecule has 3 aromatic rings. The molecule has 158 valence electrons. The third kappa shape index (κ3) is 4.35. The summed E-state index contributed by atoms with van der Waals surface area (Å²) in [5.74, 6) is -4.53. The van der Waals surface area contributed by atoms with Crippen LogP contribution >= 0.6 is 0 Å². The van der Waals surface area contributed by atoms with Gasteiger partial charge in [0.15, 0.2) is 10.8 Å². The van der Waals surface area contributed by atoms with Crippen LogP contribution in [0.5, 0.6) is 5.75 Å². The Morgan fingerprint density at radius 2 is 1.87 bits per heavy atom. The number of aromatic nitrogens is 2. The minimum atomic E-state index is -4.96. The van der Waals surface area contributed by atoms with E-state index in [9.17, 15) is 31.2 Å². The molecule has 0 bridgehead atoms. The lowest BCUT2D eigenvalue weighted by atomic mass is 10.2. The number of fused-ring (bicyclic) bond motifs is 1. The number of carbonyl (C=O) groups excluding carboxylic acids is 1. The Bertz CT molecular complexity index is 1270. The van der Waals surface area contributed by atoms with Gasteiger partial charge in [-0.2, -0.15) is 0 Å². The van der Waals surface area contributed by atoms with E-state index < -0.39 is 44.6 Å². The molecular weight excluding hydrogens is 431 g/mol. The van der Waals surface area contributed by atoms with Gasteiger partial charge in [0, 0.05) is 11.5 Å². The van der Waals surface area contributed by atoms with Crippen molar-refractivity contribution in [3.63, 3.8) is 0 Å². The molecular formula is C17H12F3N3O6S. The molecule has 13 heteroatoms. The molecule has 0 aliphatic heterocycles. The number of carboxylic acid groups (broad SMARTS) is 1. The molecule has 0 saturated carbocycles. The Kier molecular flexibility index (Phi) is 5.16. The summed E-state index contributed by atoms with van der Waals surface area (Å²) in [5, 5.41) is 8.48. The maximum atomic E-state index is 12.6. The standard InChI is InChI=1S/C17H12F3N3O6S/c18-17(19,20)29-10-5-4-9-6-12(16(21)26)23(11(9)7-10)13-2-1-3-14(22-13)30(27,28)8-15(24)25/h1-7H,8H2,(H2,21,26)(H,24,25). The van der Waals surface area contributed by atoms with Crippen molar-refractivity contribution in [1.29, 1.82) is 0 Å². The van der Waals surface area contributed by atoms with Crippen LogP contribution in [0.3, 0.4) is 0 Å². The SMILES string of the molecule is NC(=O)c1cc2ccc(OC(F)(F)F)cc2n1-c1cccc(S(=O)(=O)CC(=O)O)n1. The van der Waals surface area contributed by atoms with Gasteiger partial charge in [0.2, 0.25) is 9.84 Å². The number of nitrogens with zero attached hydrogens (tertiary/aromatic N) is 2. The topological polar surface area (TPSA) is 142 Å². The lowest BCUT2D eigenvalue weighted by Crippen LogP contribution is -2.19. The molecule has 30 heavy (non-hydrogen) atoms. The highest BCUT2D eigenvalue weighted by molar-refractivity contribution is 7.92. The normalized spacial score (nSPS) is 12.1. The summed E-state index contributed by atoms with van der Waals surface area (Å²) in [4.78, 5) is 26.5. The maximum absolute atomic E-state index is 12.6. The molecule has 1 aromatic carbocycles. The van der Waals surface area contributed by atoms with Gasteiger partial charge in [-0.15, -0.1) is 13.2 Å². The zero-order valence-corrected chi connectivity index (χ0v) is 15.6. The summed E-state index contributed by atoms with van der Waals surface area (Å²) in [5.41, 5.74) is 5.20. The molecule has 9 nitrogen and oxygen atoms in total. The third-order valence-corrected chi connectivity index (χ3v) is 5.32. The fraction of sp³-hybridized carbons (Fsp3) is 0.118. The second kappa shape index (κ2) is 7.33. The maximum Gasteiger partial charge on any atom is 0.573 e. The highest BCUT2D eigenvalue weighted by atomic mass is 32.2. The van der Waals surface area contributed by atoms with Crippen LogP contribution in [0.15, 0.2) is 47.5 Å². The predicted octanol–water partition coefficient (Wildman–Crippen LogP) is 1.88. The number of benzene rings is 1. The van der Waals surface area contributed by atoms with Gasteiger partial charge in [-0.05, 0) is 30.3 Å². The molecule has 2 aromatic heterocycles. The van der Waals surface area contributed by atoms with Crippen molar-refractivity contribution in [2.24, 2.45) is 5.73 Å². The fourth-order valence-corrected chi connectivity index (χ4v) is 3.74. The van der Waals surface area contributed by atoms with Crippen LogP contribution < -0.4 is 10.5 Å². The third-order valence-electron chi connectivity index (χ3n) is 3.83. The number of carbonyl (C=O) groups is 2. The number of aliphatic carboxylic acids is 1. The fourth-order valence-electron chi connectivity index (χ4n) is 2.74. The number of pyridine rings is 1. The van der Waals surface area contributed by atoms with Crippen molar-refractivity contribution >= 4 is 32.6 Å². The zero-order valence-electron chi connectivity index (χ0n) is 14.8. The summed E-state index contributed by atoms with van der Waals surface area (Å²) in [6.45, 7) is 0. The van der Waals surface area contributed by atoms with Crippen molar-refractivity contribution in [3.8, 4) is 11.6 Å². The van der Waals surface area contributed by atoms with Crippen molar-refractivity contribution in [3.05, 3.63) is 48.2 Å². The minimum Gasteiger partial charge on any atom is -0.480 e. The molecule has 0 radical (unpaired) electrons. The average Bonchev–Trinajstić information content (AvgIpc) is 2.98. The van der Waals surface area contributed by atoms with E-state index in [1.54, 1.807) is 0 Å². The molecule has 2 heterocycles. The van der Waals surface area contributed by atoms with Crippen LogP contribution in [0.1, 0.15) is 10.5 Å². The Morgan fingerprint density at radius 3 is 2.47 bits per heavy atom. The summed E-state index contributed by atoms with van der Waals surface area (Å²) >= 11 is 0. The molecule has 0 fully saturated rings. The first kappa shape index (κ1) is 21.1. The van der Waals surface area contributed by atoms with Crippen molar-refractivity contribution in [1.82, 2.24) is 9.55 Å². The smallest absolute Gasteiger partial charge is 0.480 e. The number of carboxylic acids is 1. The Labute approximate surface area is 166 Å². The van der Waals surface area contributed by atoms with Crippen LogP contribution in [0.25, 0.3) is 16.7 Å². The second-order valence-electron chi connectivity index (χ2n) is 5.98. The van der Waals surface area contributed by atoms with Crippen LogP contribution in [-0.4, -0.2) is 47.1 Å². The molecule has 0 spiro atoms. The van der Waals surface area contributed by atoms with E-state index in [0.717, 1.165) is 22.8 Å². The second-order valence-corrected chi connectivity index (χ2v) is 7.92. The van der Waals surface area contributed by atoms with Crippen molar-refractivity contribution in [2.45, 2.75) is 11.4 Å². The molecule has 3 rings (SSSR count). The first-order valence-corrected chi connectivity index (χ1v) is 9.66. The van der Waals surface area contributed by atoms with Gasteiger partial charge in [0.05, 0.1) is 5.52 Å².